The number of ether oxygens (including phenoxy) is 1. The first kappa shape index (κ1) is 24.0. The number of aliphatic hydroxyl groups is 1. The Kier molecular flexibility index (Phi) is 7.03. The number of carbonyl (C=O) groups excluding carboxylic acids is 2. The van der Waals surface area contributed by atoms with Crippen molar-refractivity contribution in [1.82, 2.24) is 14.8 Å². The summed E-state index contributed by atoms with van der Waals surface area (Å²) in [6.45, 7) is 2.50. The van der Waals surface area contributed by atoms with Crippen LogP contribution in [0, 0.1) is 10.9 Å². The third-order valence-corrected chi connectivity index (χ3v) is 7.57. The summed E-state index contributed by atoms with van der Waals surface area (Å²) < 4.78 is 5.11. The van der Waals surface area contributed by atoms with Gasteiger partial charge >= 0.3 is 5.97 Å². The fraction of sp³-hybridized carbons (Fsp3) is 0.565. The van der Waals surface area contributed by atoms with Gasteiger partial charge in [-0.2, -0.15) is 5.53 Å². The predicted octanol–water partition coefficient (Wildman–Crippen LogP) is 2.43. The number of carbonyl (C=O) groups is 2. The number of nitrogens with zero attached hydrogens (tertiary/aromatic N) is 5. The number of nitrogens with one attached hydrogen (secondary N) is 2. The summed E-state index contributed by atoms with van der Waals surface area (Å²) in [4.78, 5) is 33.4. The number of esters is 1. The number of aromatic nitrogens is 1. The van der Waals surface area contributed by atoms with E-state index < -0.39 is 0 Å². The quantitative estimate of drug-likeness (QED) is 0.174. The third kappa shape index (κ3) is 4.45. The van der Waals surface area contributed by atoms with Gasteiger partial charge in [-0.1, -0.05) is 11.3 Å². The molecule has 1 atom stereocenters. The van der Waals surface area contributed by atoms with E-state index in [0.717, 1.165) is 43.4 Å². The van der Waals surface area contributed by atoms with Crippen LogP contribution in [0.4, 0.5) is 5.82 Å². The highest BCUT2D eigenvalue weighted by molar-refractivity contribution is 5.94. The zero-order chi connectivity index (χ0) is 24.3. The van der Waals surface area contributed by atoms with Gasteiger partial charge in [0.05, 0.1) is 29.3 Å². The van der Waals surface area contributed by atoms with E-state index in [1.807, 2.05) is 13.1 Å². The molecule has 4 rings (SSSR count). The van der Waals surface area contributed by atoms with Crippen molar-refractivity contribution in [3.05, 3.63) is 35.2 Å². The van der Waals surface area contributed by atoms with E-state index in [9.17, 15) is 14.7 Å². The van der Waals surface area contributed by atoms with Gasteiger partial charge in [0.1, 0.15) is 18.8 Å². The average molecular weight is 470 g/mol. The van der Waals surface area contributed by atoms with Crippen LogP contribution >= 0.6 is 0 Å². The molecule has 11 nitrogen and oxygen atoms in total. The Morgan fingerprint density at radius 2 is 2.15 bits per heavy atom. The lowest BCUT2D eigenvalue weighted by molar-refractivity contribution is -0.138. The second-order valence-electron chi connectivity index (χ2n) is 9.20. The molecule has 2 aliphatic heterocycles. The molecule has 3 heterocycles. The van der Waals surface area contributed by atoms with Gasteiger partial charge in [-0.15, -0.1) is 5.10 Å². The lowest BCUT2D eigenvalue weighted by atomic mass is 9.71. The summed E-state index contributed by atoms with van der Waals surface area (Å²) in [6, 6.07) is 3.73. The van der Waals surface area contributed by atoms with Crippen molar-refractivity contribution in [3.63, 3.8) is 0 Å². The molecule has 1 spiro atoms. The van der Waals surface area contributed by atoms with E-state index in [4.69, 9.17) is 10.3 Å². The second-order valence-corrected chi connectivity index (χ2v) is 9.20. The Hall–Kier alpha value is -3.18. The third-order valence-electron chi connectivity index (χ3n) is 7.57. The molecule has 0 bridgehead atoms. The van der Waals surface area contributed by atoms with Crippen molar-refractivity contribution in [3.8, 4) is 0 Å². The molecular formula is C23H31N7O4. The van der Waals surface area contributed by atoms with Gasteiger partial charge in [0.25, 0.3) is 0 Å². The minimum atomic E-state index is -0.368. The Morgan fingerprint density at radius 1 is 1.38 bits per heavy atom. The fourth-order valence-electron chi connectivity index (χ4n) is 5.39. The van der Waals surface area contributed by atoms with E-state index in [2.05, 4.69) is 25.5 Å². The molecule has 0 aromatic carbocycles. The minimum Gasteiger partial charge on any atom is -0.456 e. The summed E-state index contributed by atoms with van der Waals surface area (Å²) in [5.74, 6) is 0.354. The van der Waals surface area contributed by atoms with Gasteiger partial charge in [0.2, 0.25) is 5.91 Å². The summed E-state index contributed by atoms with van der Waals surface area (Å²) in [7, 11) is 2.01. The molecule has 182 valence electrons. The van der Waals surface area contributed by atoms with E-state index in [1.54, 1.807) is 24.1 Å². The number of rotatable bonds is 8. The maximum absolute atomic E-state index is 13.4. The number of cyclic esters (lactones) is 1. The maximum Gasteiger partial charge on any atom is 0.336 e. The summed E-state index contributed by atoms with van der Waals surface area (Å²) in [5, 5.41) is 19.3. The monoisotopic (exact) mass is 469 g/mol. The molecule has 1 saturated heterocycles. The van der Waals surface area contributed by atoms with Crippen molar-refractivity contribution in [2.75, 3.05) is 32.1 Å². The highest BCUT2D eigenvalue weighted by Crippen LogP contribution is 2.47. The van der Waals surface area contributed by atoms with Crippen LogP contribution in [0.25, 0.3) is 0 Å². The standard InChI is InChI=1S/C23H31N7O4/c1-15-19(13-34-21(15)32)30-10-9-23(22(30)33)7-5-17(6-8-23)29(2)18(12-31)16-3-4-20(25-11-16)26-14-27-28-24/h3-4,11,14,17-18,31H,5-10,12-13H2,1-2H3,(H2,24,25,26,27)/t17-,18-,23-/m1/s1. The SMILES string of the molecule is CC1=C(N2CC[C@]3(CC[C@@H](N(C)[C@H](CO)c4ccc(N/C=N\N=N)nc4)CC3)C2=O)COC1=O. The zero-order valence-corrected chi connectivity index (χ0v) is 19.5. The van der Waals surface area contributed by atoms with Crippen molar-refractivity contribution in [2.24, 2.45) is 15.7 Å². The minimum absolute atomic E-state index is 0.0417. The highest BCUT2D eigenvalue weighted by atomic mass is 16.5. The van der Waals surface area contributed by atoms with Crippen LogP contribution in [0.1, 0.15) is 50.6 Å². The number of anilines is 1. The van der Waals surface area contributed by atoms with Gasteiger partial charge in [-0.25, -0.2) is 9.78 Å². The van der Waals surface area contributed by atoms with E-state index in [-0.39, 0.29) is 42.6 Å². The lowest BCUT2D eigenvalue weighted by Gasteiger charge is -2.42. The number of likely N-dealkylation sites (N-methyl/N-ethyl adjacent to an activating group) is 1. The van der Waals surface area contributed by atoms with Gasteiger partial charge in [-0.05, 0) is 57.7 Å². The molecule has 1 amide bonds. The molecular weight excluding hydrogens is 438 g/mol. The van der Waals surface area contributed by atoms with E-state index in [1.165, 1.54) is 6.34 Å². The van der Waals surface area contributed by atoms with Crippen LogP contribution in [0.5, 0.6) is 0 Å². The van der Waals surface area contributed by atoms with E-state index in [0.29, 0.717) is 17.9 Å². The number of hydrogen-bond acceptors (Lipinski definition) is 8. The lowest BCUT2D eigenvalue weighted by Crippen LogP contribution is -2.44. The summed E-state index contributed by atoms with van der Waals surface area (Å²) >= 11 is 0. The molecule has 34 heavy (non-hydrogen) atoms. The smallest absolute Gasteiger partial charge is 0.336 e. The molecule has 1 aromatic rings. The van der Waals surface area contributed by atoms with Crippen LogP contribution in [0.2, 0.25) is 0 Å². The Labute approximate surface area is 198 Å². The van der Waals surface area contributed by atoms with Gasteiger partial charge in [0, 0.05) is 18.8 Å². The number of aliphatic hydroxyl groups excluding tert-OH is 1. The molecule has 1 saturated carbocycles. The molecule has 11 heteroatoms. The zero-order valence-electron chi connectivity index (χ0n) is 19.5. The number of likely N-dealkylation sites (tertiary alicyclic amines) is 1. The largest absolute Gasteiger partial charge is 0.456 e. The average Bonchev–Trinajstić information content (AvgIpc) is 3.34. The first-order chi connectivity index (χ1) is 16.4. The first-order valence-corrected chi connectivity index (χ1v) is 11.5. The summed E-state index contributed by atoms with van der Waals surface area (Å²) in [5.41, 5.74) is 8.44. The van der Waals surface area contributed by atoms with Crippen LogP contribution in [-0.2, 0) is 14.3 Å². The van der Waals surface area contributed by atoms with Crippen molar-refractivity contribution < 1.29 is 19.4 Å². The molecule has 0 radical (unpaired) electrons. The van der Waals surface area contributed by atoms with Gasteiger partial charge in [-0.3, -0.25) is 9.69 Å². The molecule has 3 N–H and O–H groups in total. The van der Waals surface area contributed by atoms with Crippen molar-refractivity contribution in [2.45, 2.75) is 51.1 Å². The van der Waals surface area contributed by atoms with Crippen LogP contribution in [-0.4, -0.2) is 71.0 Å². The predicted molar refractivity (Wildman–Crippen MR) is 124 cm³/mol. The Morgan fingerprint density at radius 3 is 2.74 bits per heavy atom. The highest BCUT2D eigenvalue weighted by Gasteiger charge is 2.50. The Bertz CT molecular complexity index is 999. The topological polar surface area (TPSA) is 144 Å². The summed E-state index contributed by atoms with van der Waals surface area (Å²) in [6.07, 6.45) is 7.10. The van der Waals surface area contributed by atoms with Crippen LogP contribution in [0.3, 0.4) is 0 Å². The first-order valence-electron chi connectivity index (χ1n) is 11.5. The fourth-order valence-corrected chi connectivity index (χ4v) is 5.39. The van der Waals surface area contributed by atoms with Gasteiger partial charge in [0.15, 0.2) is 0 Å². The second kappa shape index (κ2) is 9.98. The van der Waals surface area contributed by atoms with Gasteiger partial charge < -0.3 is 20.1 Å². The van der Waals surface area contributed by atoms with Crippen LogP contribution < -0.4 is 5.32 Å². The molecule has 1 aromatic heterocycles. The van der Waals surface area contributed by atoms with Crippen molar-refractivity contribution in [1.29, 1.82) is 5.53 Å². The van der Waals surface area contributed by atoms with Crippen molar-refractivity contribution >= 4 is 24.0 Å². The number of pyridine rings is 1. The number of amides is 1. The van der Waals surface area contributed by atoms with Crippen LogP contribution in [0.15, 0.2) is 39.9 Å². The molecule has 3 aliphatic rings. The molecule has 1 aliphatic carbocycles. The Balaban J connectivity index is 1.38. The molecule has 0 unspecified atom stereocenters. The number of hydrogen-bond donors (Lipinski definition) is 3. The van der Waals surface area contributed by atoms with E-state index >= 15 is 0 Å². The molecule has 2 fully saturated rings. The maximum atomic E-state index is 13.4. The normalized spacial score (nSPS) is 26.1.